The summed E-state index contributed by atoms with van der Waals surface area (Å²) in [7, 11) is 1.40. The van der Waals surface area contributed by atoms with E-state index in [0.29, 0.717) is 39.1 Å². The average molecular weight is 441 g/mol. The molecule has 3 rings (SSSR count). The van der Waals surface area contributed by atoms with Crippen molar-refractivity contribution in [3.05, 3.63) is 16.1 Å². The summed E-state index contributed by atoms with van der Waals surface area (Å²) in [5, 5.41) is 3.11. The zero-order valence-electron chi connectivity index (χ0n) is 18.7. The van der Waals surface area contributed by atoms with Gasteiger partial charge in [-0.3, -0.25) is 4.79 Å². The van der Waals surface area contributed by atoms with Crippen LogP contribution in [0.2, 0.25) is 0 Å². The largest absolute Gasteiger partial charge is 0.537 e. The summed E-state index contributed by atoms with van der Waals surface area (Å²) in [5.41, 5.74) is -0.561. The van der Waals surface area contributed by atoms with Crippen LogP contribution in [0, 0.1) is 0 Å². The quantitative estimate of drug-likeness (QED) is 0.474. The summed E-state index contributed by atoms with van der Waals surface area (Å²) in [6.07, 6.45) is 4.49. The predicted octanol–water partition coefficient (Wildman–Crippen LogP) is 3.47. The Morgan fingerprint density at radius 2 is 2.07 bits per heavy atom. The molecule has 1 amide bonds. The van der Waals surface area contributed by atoms with Gasteiger partial charge < -0.3 is 14.2 Å². The van der Waals surface area contributed by atoms with Gasteiger partial charge in [-0.05, 0) is 34.1 Å². The molecule has 0 saturated carbocycles. The molecule has 3 heterocycles. The molecule has 0 aliphatic carbocycles. The molecule has 9 heteroatoms. The zero-order chi connectivity index (χ0) is 21.9. The second-order valence-electron chi connectivity index (χ2n) is 8.88. The van der Waals surface area contributed by atoms with Gasteiger partial charge in [-0.2, -0.15) is 4.79 Å². The van der Waals surface area contributed by atoms with Gasteiger partial charge in [0.2, 0.25) is 0 Å². The van der Waals surface area contributed by atoms with Gasteiger partial charge in [0.15, 0.2) is 11.0 Å². The van der Waals surface area contributed by atoms with Crippen molar-refractivity contribution in [1.29, 1.82) is 0 Å². The van der Waals surface area contributed by atoms with Crippen LogP contribution in [0.25, 0.3) is 0 Å². The summed E-state index contributed by atoms with van der Waals surface area (Å²) in [5.74, 6) is -0.229. The highest BCUT2D eigenvalue weighted by atomic mass is 32.1. The number of ether oxygens (including phenoxy) is 3. The monoisotopic (exact) mass is 440 g/mol. The third-order valence-electron chi connectivity index (χ3n) is 5.60. The van der Waals surface area contributed by atoms with Crippen molar-refractivity contribution in [2.24, 2.45) is 0 Å². The molecule has 1 aromatic heterocycles. The minimum absolute atomic E-state index is 0.0701. The van der Waals surface area contributed by atoms with Crippen molar-refractivity contribution in [2.75, 3.05) is 33.4 Å². The Hall–Kier alpha value is -1.55. The number of quaternary nitrogens is 1. The topological polar surface area (TPSA) is 78.0 Å². The number of aromatic nitrogens is 1. The molecule has 168 valence electrons. The van der Waals surface area contributed by atoms with Crippen LogP contribution in [0.1, 0.15) is 62.9 Å². The first-order valence-corrected chi connectivity index (χ1v) is 11.5. The number of hydrogen-bond donors (Lipinski definition) is 0. The van der Waals surface area contributed by atoms with E-state index in [0.717, 1.165) is 22.7 Å². The molecule has 2 fully saturated rings. The van der Waals surface area contributed by atoms with Crippen LogP contribution < -0.4 is 0 Å². The summed E-state index contributed by atoms with van der Waals surface area (Å²) in [4.78, 5) is 30.7. The van der Waals surface area contributed by atoms with Gasteiger partial charge in [0.25, 0.3) is 0 Å². The minimum atomic E-state index is -0.561. The van der Waals surface area contributed by atoms with E-state index < -0.39 is 5.60 Å². The predicted molar refractivity (Wildman–Crippen MR) is 113 cm³/mol. The lowest BCUT2D eigenvalue weighted by Crippen LogP contribution is -2.72. The highest BCUT2D eigenvalue weighted by molar-refractivity contribution is 7.11. The van der Waals surface area contributed by atoms with Crippen LogP contribution in [0.15, 0.2) is 6.20 Å². The number of amides is 1. The number of methoxy groups -OCH3 is 1. The lowest BCUT2D eigenvalue weighted by molar-refractivity contribution is -0.996. The molecular formula is C21H34N3O5S+. The molecule has 2 aliphatic heterocycles. The maximum absolute atomic E-state index is 13.5. The van der Waals surface area contributed by atoms with Gasteiger partial charge in [-0.25, -0.2) is 4.98 Å². The van der Waals surface area contributed by atoms with E-state index in [2.05, 4.69) is 9.99 Å². The zero-order valence-corrected chi connectivity index (χ0v) is 19.5. The number of hydrogen-bond acceptors (Lipinski definition) is 8. The smallest absolute Gasteiger partial charge is 0.469 e. The third-order valence-corrected chi connectivity index (χ3v) is 6.76. The Bertz CT molecular complexity index is 756. The van der Waals surface area contributed by atoms with Crippen molar-refractivity contribution in [3.8, 4) is 0 Å². The lowest BCUT2D eigenvalue weighted by Gasteiger charge is -2.50. The van der Waals surface area contributed by atoms with Crippen molar-refractivity contribution in [2.45, 2.75) is 71.1 Å². The summed E-state index contributed by atoms with van der Waals surface area (Å²) in [6.45, 7) is 10.5. The van der Waals surface area contributed by atoms with E-state index >= 15 is 0 Å². The number of carbonyl (C=O) groups excluding carboxylic acids is 2. The van der Waals surface area contributed by atoms with E-state index in [-0.39, 0.29) is 28.8 Å². The van der Waals surface area contributed by atoms with Crippen LogP contribution in [0.4, 0.5) is 4.79 Å². The van der Waals surface area contributed by atoms with Crippen LogP contribution in [-0.2, 0) is 25.4 Å². The van der Waals surface area contributed by atoms with E-state index in [4.69, 9.17) is 14.2 Å². The van der Waals surface area contributed by atoms with E-state index in [9.17, 15) is 9.59 Å². The van der Waals surface area contributed by atoms with Gasteiger partial charge in [0, 0.05) is 30.5 Å². The summed E-state index contributed by atoms with van der Waals surface area (Å²) in [6, 6.07) is -0.0701. The number of carbonyl (C=O) groups is 2. The Balaban J connectivity index is 1.83. The van der Waals surface area contributed by atoms with Crippen LogP contribution in [0.3, 0.4) is 0 Å². The SMILES string of the molecule is CCOC1CN([N+]2(C(=O)OC(C)(C)C)CCC[C@H]2c2ncc(CCC(=O)OC)s2)C1. The number of rotatable bonds is 7. The molecule has 1 aromatic rings. The van der Waals surface area contributed by atoms with Crippen molar-refractivity contribution in [3.63, 3.8) is 0 Å². The van der Waals surface area contributed by atoms with E-state index in [1.807, 2.05) is 33.9 Å². The molecule has 2 aliphatic rings. The van der Waals surface area contributed by atoms with Crippen LogP contribution >= 0.6 is 11.3 Å². The average Bonchev–Trinajstić information content (AvgIpc) is 3.28. The minimum Gasteiger partial charge on any atom is -0.469 e. The Labute approximate surface area is 182 Å². The standard InChI is InChI=1S/C21H34N3O5S/c1-6-28-15-13-23(14-15)24(20(26)29-21(2,3)4)11-7-8-17(24)19-22-12-16(30-19)9-10-18(25)27-5/h12,15,17H,6-11,13-14H2,1-5H3/q+1/t17-,24?/m0/s1. The summed E-state index contributed by atoms with van der Waals surface area (Å²) < 4.78 is 16.5. The maximum Gasteiger partial charge on any atom is 0.537 e. The number of likely N-dealkylation sites (tertiary alicyclic amines) is 1. The first kappa shape index (κ1) is 23.1. The molecule has 0 bridgehead atoms. The second kappa shape index (κ2) is 9.30. The van der Waals surface area contributed by atoms with Crippen LogP contribution in [0.5, 0.6) is 0 Å². The van der Waals surface area contributed by atoms with Gasteiger partial charge in [0.05, 0.1) is 32.7 Å². The Kier molecular flexibility index (Phi) is 7.16. The maximum atomic E-state index is 13.5. The lowest BCUT2D eigenvalue weighted by atomic mass is 10.1. The van der Waals surface area contributed by atoms with E-state index in [1.165, 1.54) is 7.11 Å². The van der Waals surface area contributed by atoms with Gasteiger partial charge >= 0.3 is 12.1 Å². The van der Waals surface area contributed by atoms with Gasteiger partial charge in [-0.15, -0.1) is 20.9 Å². The Morgan fingerprint density at radius 1 is 1.33 bits per heavy atom. The fourth-order valence-corrected chi connectivity index (χ4v) is 5.30. The van der Waals surface area contributed by atoms with Crippen LogP contribution in [-0.4, -0.2) is 71.7 Å². The van der Waals surface area contributed by atoms with E-state index in [1.54, 1.807) is 11.3 Å². The molecule has 8 nitrogen and oxygen atoms in total. The summed E-state index contributed by atoms with van der Waals surface area (Å²) >= 11 is 1.58. The first-order valence-electron chi connectivity index (χ1n) is 10.7. The molecule has 2 atom stereocenters. The molecule has 0 N–H and O–H groups in total. The number of nitrogens with zero attached hydrogens (tertiary/aromatic N) is 3. The van der Waals surface area contributed by atoms with Gasteiger partial charge in [-0.1, -0.05) is 0 Å². The third kappa shape index (κ3) is 4.85. The first-order chi connectivity index (χ1) is 14.2. The highest BCUT2D eigenvalue weighted by Crippen LogP contribution is 2.45. The Morgan fingerprint density at radius 3 is 2.70 bits per heavy atom. The molecule has 0 aromatic carbocycles. The van der Waals surface area contributed by atoms with Crippen molar-refractivity contribution >= 4 is 23.4 Å². The molecule has 0 spiro atoms. The fraction of sp³-hybridized carbons (Fsp3) is 0.762. The number of esters is 1. The second-order valence-corrected chi connectivity index (χ2v) is 10.0. The molecule has 1 unspecified atom stereocenters. The highest BCUT2D eigenvalue weighted by Gasteiger charge is 2.60. The molecule has 30 heavy (non-hydrogen) atoms. The normalized spacial score (nSPS) is 25.2. The molecule has 2 saturated heterocycles. The van der Waals surface area contributed by atoms with Crippen molar-refractivity contribution in [1.82, 2.24) is 9.99 Å². The molecule has 0 radical (unpaired) electrons. The van der Waals surface area contributed by atoms with Crippen molar-refractivity contribution < 1.29 is 28.4 Å². The van der Waals surface area contributed by atoms with Gasteiger partial charge in [0.1, 0.15) is 12.1 Å². The number of thiazole rings is 1. The molecular weight excluding hydrogens is 406 g/mol. The fourth-order valence-electron chi connectivity index (χ4n) is 4.18. The number of aryl methyl sites for hydroxylation is 1.